The van der Waals surface area contributed by atoms with Crippen LogP contribution in [-0.2, 0) is 0 Å². The fraction of sp³-hybridized carbons (Fsp3) is 0.500. The first kappa shape index (κ1) is 14.5. The Morgan fingerprint density at radius 1 is 1.33 bits per heavy atom. The van der Waals surface area contributed by atoms with E-state index < -0.39 is 4.92 Å². The lowest BCUT2D eigenvalue weighted by molar-refractivity contribution is -0.385. The molecule has 3 rings (SSSR count). The number of hydrogen-bond donors (Lipinski definition) is 1. The number of halogens is 1. The van der Waals surface area contributed by atoms with E-state index in [-0.39, 0.29) is 23.6 Å². The first-order chi connectivity index (χ1) is 9.95. The van der Waals surface area contributed by atoms with E-state index in [1.807, 2.05) is 0 Å². The third kappa shape index (κ3) is 2.67. The molecule has 3 atom stereocenters. The molecule has 0 radical (unpaired) electrons. The maximum absolute atomic E-state index is 12.5. The summed E-state index contributed by atoms with van der Waals surface area (Å²) in [4.78, 5) is 24.6. The summed E-state index contributed by atoms with van der Waals surface area (Å²) in [6, 6.07) is 4.27. The zero-order valence-corrected chi connectivity index (χ0v) is 12.8. The molecule has 2 aliphatic rings. The number of aliphatic hydroxyl groups is 1. The predicted octanol–water partition coefficient (Wildman–Crippen LogP) is 2.20. The Labute approximate surface area is 130 Å². The number of nitro groups is 1. The smallest absolute Gasteiger partial charge is 0.271 e. The Balaban J connectivity index is 1.82. The van der Waals surface area contributed by atoms with Gasteiger partial charge in [0, 0.05) is 41.2 Å². The van der Waals surface area contributed by atoms with Gasteiger partial charge in [-0.25, -0.2) is 0 Å². The lowest BCUT2D eigenvalue weighted by Gasteiger charge is -2.18. The van der Waals surface area contributed by atoms with Gasteiger partial charge in [0.2, 0.25) is 0 Å². The molecule has 0 aromatic heterocycles. The van der Waals surface area contributed by atoms with Crippen molar-refractivity contribution in [2.45, 2.75) is 18.9 Å². The number of nitrogens with zero attached hydrogens (tertiary/aromatic N) is 2. The molecule has 2 fully saturated rings. The van der Waals surface area contributed by atoms with Crippen molar-refractivity contribution in [3.63, 3.8) is 0 Å². The molecule has 1 aliphatic carbocycles. The Bertz CT molecular complexity index is 607. The van der Waals surface area contributed by atoms with E-state index in [2.05, 4.69) is 15.9 Å². The van der Waals surface area contributed by atoms with Crippen molar-refractivity contribution >= 4 is 27.5 Å². The highest BCUT2D eigenvalue weighted by atomic mass is 79.9. The van der Waals surface area contributed by atoms with Crippen LogP contribution in [0.3, 0.4) is 0 Å². The molecular formula is C14H15BrN2O4. The Morgan fingerprint density at radius 3 is 2.76 bits per heavy atom. The third-order valence-electron chi connectivity index (χ3n) is 4.45. The van der Waals surface area contributed by atoms with Crippen LogP contribution in [0, 0.1) is 22.0 Å². The molecule has 0 bridgehead atoms. The van der Waals surface area contributed by atoms with Crippen molar-refractivity contribution in [2.75, 3.05) is 13.1 Å². The van der Waals surface area contributed by atoms with E-state index in [4.69, 9.17) is 0 Å². The van der Waals surface area contributed by atoms with Crippen molar-refractivity contribution in [1.82, 2.24) is 4.90 Å². The fourth-order valence-electron chi connectivity index (χ4n) is 3.39. The van der Waals surface area contributed by atoms with Crippen molar-refractivity contribution in [3.8, 4) is 0 Å². The molecule has 21 heavy (non-hydrogen) atoms. The summed E-state index contributed by atoms with van der Waals surface area (Å²) in [6.45, 7) is 1.16. The molecule has 3 unspecified atom stereocenters. The van der Waals surface area contributed by atoms with Gasteiger partial charge in [0.25, 0.3) is 11.6 Å². The van der Waals surface area contributed by atoms with E-state index in [0.29, 0.717) is 29.0 Å². The minimum Gasteiger partial charge on any atom is -0.393 e. The van der Waals surface area contributed by atoms with Gasteiger partial charge < -0.3 is 10.0 Å². The normalized spacial score (nSPS) is 27.7. The monoisotopic (exact) mass is 354 g/mol. The second-order valence-corrected chi connectivity index (χ2v) is 6.65. The SMILES string of the molecule is O=C(c1cc(Br)cc([N+](=O)[O-])c1)N1CC2CCC(O)C2C1. The largest absolute Gasteiger partial charge is 0.393 e. The Morgan fingerprint density at radius 2 is 2.10 bits per heavy atom. The number of benzene rings is 1. The van der Waals surface area contributed by atoms with E-state index in [0.717, 1.165) is 12.8 Å². The average Bonchev–Trinajstić information content (AvgIpc) is 3.00. The van der Waals surface area contributed by atoms with E-state index in [1.165, 1.54) is 12.1 Å². The van der Waals surface area contributed by atoms with Crippen LogP contribution in [0.15, 0.2) is 22.7 Å². The summed E-state index contributed by atoms with van der Waals surface area (Å²) in [5, 5.41) is 20.8. The fourth-order valence-corrected chi connectivity index (χ4v) is 3.87. The molecule has 6 nitrogen and oxygen atoms in total. The van der Waals surface area contributed by atoms with Crippen LogP contribution in [-0.4, -0.2) is 40.0 Å². The maximum Gasteiger partial charge on any atom is 0.271 e. The standard InChI is InChI=1S/C14H15BrN2O4/c15-10-3-9(4-11(5-10)17(20)21)14(19)16-6-8-1-2-13(18)12(8)7-16/h3-5,8,12-13,18H,1-2,6-7H2. The number of hydrogen-bond acceptors (Lipinski definition) is 4. The molecular weight excluding hydrogens is 340 g/mol. The number of carbonyl (C=O) groups excluding carboxylic acids is 1. The van der Waals surface area contributed by atoms with Gasteiger partial charge >= 0.3 is 0 Å². The molecule has 7 heteroatoms. The van der Waals surface area contributed by atoms with E-state index in [9.17, 15) is 20.0 Å². The highest BCUT2D eigenvalue weighted by molar-refractivity contribution is 9.10. The molecule has 0 spiro atoms. The molecule has 1 saturated carbocycles. The van der Waals surface area contributed by atoms with Gasteiger partial charge in [-0.1, -0.05) is 15.9 Å². The van der Waals surface area contributed by atoms with Crippen LogP contribution in [0.25, 0.3) is 0 Å². The van der Waals surface area contributed by atoms with Crippen LogP contribution in [0.5, 0.6) is 0 Å². The average molecular weight is 355 g/mol. The van der Waals surface area contributed by atoms with E-state index in [1.54, 1.807) is 11.0 Å². The molecule has 1 aliphatic heterocycles. The zero-order valence-electron chi connectivity index (χ0n) is 11.2. The topological polar surface area (TPSA) is 83.7 Å². The highest BCUT2D eigenvalue weighted by Gasteiger charge is 2.43. The van der Waals surface area contributed by atoms with E-state index >= 15 is 0 Å². The predicted molar refractivity (Wildman–Crippen MR) is 78.9 cm³/mol. The van der Waals surface area contributed by atoms with Crippen LogP contribution in [0.4, 0.5) is 5.69 Å². The number of fused-ring (bicyclic) bond motifs is 1. The minimum absolute atomic E-state index is 0.104. The molecule has 112 valence electrons. The summed E-state index contributed by atoms with van der Waals surface area (Å²) < 4.78 is 0.513. The molecule has 1 aromatic rings. The Kier molecular flexibility index (Phi) is 3.71. The number of aliphatic hydroxyl groups excluding tert-OH is 1. The first-order valence-electron chi connectivity index (χ1n) is 6.88. The summed E-state index contributed by atoms with van der Waals surface area (Å²) in [5.41, 5.74) is 0.206. The first-order valence-corrected chi connectivity index (χ1v) is 7.67. The molecule has 1 aromatic carbocycles. The third-order valence-corrected chi connectivity index (χ3v) is 4.90. The number of carbonyl (C=O) groups is 1. The van der Waals surface area contributed by atoms with Gasteiger partial charge in [0.1, 0.15) is 0 Å². The van der Waals surface area contributed by atoms with Gasteiger partial charge in [-0.05, 0) is 24.8 Å². The number of nitro benzene ring substituents is 1. The van der Waals surface area contributed by atoms with Gasteiger partial charge in [0.05, 0.1) is 11.0 Å². The minimum atomic E-state index is -0.510. The summed E-state index contributed by atoms with van der Waals surface area (Å²) in [7, 11) is 0. The zero-order chi connectivity index (χ0) is 15.1. The Hall–Kier alpha value is -1.47. The van der Waals surface area contributed by atoms with Crippen LogP contribution >= 0.6 is 15.9 Å². The van der Waals surface area contributed by atoms with Gasteiger partial charge in [-0.3, -0.25) is 14.9 Å². The van der Waals surface area contributed by atoms with Crippen molar-refractivity contribution in [3.05, 3.63) is 38.3 Å². The van der Waals surface area contributed by atoms with Gasteiger partial charge in [-0.15, -0.1) is 0 Å². The quantitative estimate of drug-likeness (QED) is 0.651. The number of non-ortho nitro benzene ring substituents is 1. The second kappa shape index (κ2) is 5.38. The van der Waals surface area contributed by atoms with Crippen molar-refractivity contribution < 1.29 is 14.8 Å². The summed E-state index contributed by atoms with van der Waals surface area (Å²) in [5.74, 6) is 0.295. The number of rotatable bonds is 2. The van der Waals surface area contributed by atoms with Crippen LogP contribution in [0.2, 0.25) is 0 Å². The lowest BCUT2D eigenvalue weighted by atomic mass is 10.00. The maximum atomic E-state index is 12.5. The molecule has 1 heterocycles. The van der Waals surface area contributed by atoms with Crippen molar-refractivity contribution in [2.24, 2.45) is 11.8 Å². The van der Waals surface area contributed by atoms with Crippen LogP contribution < -0.4 is 0 Å². The lowest BCUT2D eigenvalue weighted by Crippen LogP contribution is -2.31. The van der Waals surface area contributed by atoms with Gasteiger partial charge in [-0.2, -0.15) is 0 Å². The molecule has 1 N–H and O–H groups in total. The highest BCUT2D eigenvalue weighted by Crippen LogP contribution is 2.38. The number of amides is 1. The molecule has 1 saturated heterocycles. The number of likely N-dealkylation sites (tertiary alicyclic amines) is 1. The summed E-state index contributed by atoms with van der Waals surface area (Å²) >= 11 is 3.20. The van der Waals surface area contributed by atoms with Crippen LogP contribution in [0.1, 0.15) is 23.2 Å². The second-order valence-electron chi connectivity index (χ2n) is 5.73. The molecule has 1 amide bonds. The van der Waals surface area contributed by atoms with Crippen molar-refractivity contribution in [1.29, 1.82) is 0 Å². The summed E-state index contributed by atoms with van der Waals surface area (Å²) in [6.07, 6.45) is 1.41. The van der Waals surface area contributed by atoms with Gasteiger partial charge in [0.15, 0.2) is 0 Å².